The van der Waals surface area contributed by atoms with E-state index in [1.54, 1.807) is 0 Å². The Bertz CT molecular complexity index is 838. The number of aromatic nitrogens is 5. The zero-order valence-electron chi connectivity index (χ0n) is 13.4. The van der Waals surface area contributed by atoms with Gasteiger partial charge < -0.3 is 9.13 Å². The Morgan fingerprint density at radius 2 is 1.91 bits per heavy atom. The van der Waals surface area contributed by atoms with E-state index >= 15 is 0 Å². The lowest BCUT2D eigenvalue weighted by Crippen LogP contribution is -2.15. The fraction of sp³-hybridized carbons (Fsp3) is 0.471. The maximum absolute atomic E-state index is 4.52. The van der Waals surface area contributed by atoms with E-state index in [0.29, 0.717) is 5.92 Å². The molecule has 3 aromatic rings. The molecule has 4 rings (SSSR count). The minimum absolute atomic E-state index is 0.607. The van der Waals surface area contributed by atoms with Crippen molar-refractivity contribution in [3.05, 3.63) is 41.2 Å². The second-order valence-electron chi connectivity index (χ2n) is 6.46. The molecule has 22 heavy (non-hydrogen) atoms. The van der Waals surface area contributed by atoms with E-state index in [0.717, 1.165) is 29.2 Å². The fourth-order valence-corrected chi connectivity index (χ4v) is 3.13. The van der Waals surface area contributed by atoms with Gasteiger partial charge in [-0.05, 0) is 49.9 Å². The van der Waals surface area contributed by atoms with Crippen LogP contribution in [0.25, 0.3) is 11.0 Å². The summed E-state index contributed by atoms with van der Waals surface area (Å²) in [5.41, 5.74) is 4.78. The summed E-state index contributed by atoms with van der Waals surface area (Å²) in [4.78, 5) is 4.52. The van der Waals surface area contributed by atoms with Gasteiger partial charge in [0.15, 0.2) is 5.82 Å². The molecule has 0 atom stereocenters. The first kappa shape index (κ1) is 13.5. The lowest BCUT2D eigenvalue weighted by Gasteiger charge is -2.24. The Balaban J connectivity index is 1.69. The van der Waals surface area contributed by atoms with Crippen molar-refractivity contribution in [2.75, 3.05) is 0 Å². The summed E-state index contributed by atoms with van der Waals surface area (Å²) >= 11 is 0. The summed E-state index contributed by atoms with van der Waals surface area (Å²) in [6, 6.07) is 4.36. The third-order valence-electron chi connectivity index (χ3n) is 5.02. The summed E-state index contributed by atoms with van der Waals surface area (Å²) in [7, 11) is 2.08. The van der Waals surface area contributed by atoms with Gasteiger partial charge in [0.25, 0.3) is 0 Å². The Morgan fingerprint density at radius 1 is 1.14 bits per heavy atom. The number of imidazole rings is 1. The van der Waals surface area contributed by atoms with Crippen LogP contribution in [0.4, 0.5) is 0 Å². The van der Waals surface area contributed by atoms with E-state index < -0.39 is 0 Å². The average Bonchev–Trinajstić information content (AvgIpc) is 2.97. The molecule has 0 aliphatic heterocycles. The molecule has 1 fully saturated rings. The first-order chi connectivity index (χ1) is 10.6. The van der Waals surface area contributed by atoms with Crippen LogP contribution in [-0.4, -0.2) is 24.3 Å². The van der Waals surface area contributed by atoms with Gasteiger partial charge in [-0.2, -0.15) is 0 Å². The van der Waals surface area contributed by atoms with Crippen molar-refractivity contribution >= 4 is 11.0 Å². The molecule has 5 heteroatoms. The number of nitrogens with zero attached hydrogens (tertiary/aromatic N) is 5. The largest absolute Gasteiger partial charge is 0.323 e. The molecule has 1 aliphatic rings. The smallest absolute Gasteiger partial charge is 0.152 e. The predicted octanol–water partition coefficient (Wildman–Crippen LogP) is 3.10. The normalized spacial score (nSPS) is 15.4. The molecule has 0 saturated heterocycles. The second kappa shape index (κ2) is 4.93. The van der Waals surface area contributed by atoms with Gasteiger partial charge in [0.2, 0.25) is 0 Å². The van der Waals surface area contributed by atoms with Crippen LogP contribution in [-0.2, 0) is 13.6 Å². The Hall–Kier alpha value is -2.17. The van der Waals surface area contributed by atoms with Crippen molar-refractivity contribution in [1.29, 1.82) is 0 Å². The molecule has 0 amide bonds. The van der Waals surface area contributed by atoms with E-state index in [1.165, 1.54) is 30.4 Å². The van der Waals surface area contributed by atoms with Crippen LogP contribution in [0.15, 0.2) is 18.5 Å². The standard InChI is InChI=1S/C17H21N5/c1-11-7-14-15(8-12(11)2)22(10-18-14)9-16-19-20-17(21(16)3)13-5-4-6-13/h7-8,10,13H,4-6,9H2,1-3H3. The summed E-state index contributed by atoms with van der Waals surface area (Å²) in [5, 5.41) is 8.81. The SMILES string of the molecule is Cc1cc2ncn(Cc3nnc(C4CCC4)n3C)c2cc1C. The Labute approximate surface area is 130 Å². The van der Waals surface area contributed by atoms with E-state index in [2.05, 4.69) is 57.3 Å². The number of benzene rings is 1. The molecule has 0 bridgehead atoms. The van der Waals surface area contributed by atoms with Gasteiger partial charge in [-0.1, -0.05) is 6.42 Å². The highest BCUT2D eigenvalue weighted by atomic mass is 15.3. The highest BCUT2D eigenvalue weighted by Gasteiger charge is 2.25. The summed E-state index contributed by atoms with van der Waals surface area (Å²) in [6.07, 6.45) is 5.72. The molecule has 2 aromatic heterocycles. The van der Waals surface area contributed by atoms with Crippen LogP contribution in [0.2, 0.25) is 0 Å². The maximum Gasteiger partial charge on any atom is 0.152 e. The maximum atomic E-state index is 4.52. The molecular weight excluding hydrogens is 274 g/mol. The molecule has 0 N–H and O–H groups in total. The third-order valence-corrected chi connectivity index (χ3v) is 5.02. The van der Waals surface area contributed by atoms with Gasteiger partial charge in [-0.3, -0.25) is 0 Å². The molecule has 1 aliphatic carbocycles. The van der Waals surface area contributed by atoms with Crippen molar-refractivity contribution in [3.8, 4) is 0 Å². The minimum Gasteiger partial charge on any atom is -0.323 e. The van der Waals surface area contributed by atoms with Crippen LogP contribution in [0.3, 0.4) is 0 Å². The fourth-order valence-electron chi connectivity index (χ4n) is 3.13. The number of hydrogen-bond donors (Lipinski definition) is 0. The number of rotatable bonds is 3. The van der Waals surface area contributed by atoms with Crippen molar-refractivity contribution in [2.24, 2.45) is 7.05 Å². The molecule has 114 valence electrons. The topological polar surface area (TPSA) is 48.5 Å². The number of aryl methyl sites for hydroxylation is 2. The molecule has 1 saturated carbocycles. The quantitative estimate of drug-likeness (QED) is 0.746. The molecule has 0 unspecified atom stereocenters. The van der Waals surface area contributed by atoms with Crippen LogP contribution in [0, 0.1) is 13.8 Å². The van der Waals surface area contributed by atoms with Gasteiger partial charge in [-0.15, -0.1) is 10.2 Å². The first-order valence-corrected chi connectivity index (χ1v) is 7.93. The highest BCUT2D eigenvalue weighted by molar-refractivity contribution is 5.77. The van der Waals surface area contributed by atoms with Gasteiger partial charge in [0.1, 0.15) is 5.82 Å². The molecule has 1 aromatic carbocycles. The van der Waals surface area contributed by atoms with Gasteiger partial charge >= 0.3 is 0 Å². The van der Waals surface area contributed by atoms with Crippen LogP contribution in [0.1, 0.15) is 48.0 Å². The monoisotopic (exact) mass is 295 g/mol. The van der Waals surface area contributed by atoms with E-state index in [1.807, 2.05) is 6.33 Å². The Kier molecular flexibility index (Phi) is 3.03. The lowest BCUT2D eigenvalue weighted by molar-refractivity contribution is 0.391. The van der Waals surface area contributed by atoms with Crippen LogP contribution < -0.4 is 0 Å². The minimum atomic E-state index is 0.607. The molecular formula is C17H21N5. The van der Waals surface area contributed by atoms with Gasteiger partial charge in [0, 0.05) is 13.0 Å². The molecule has 2 heterocycles. The number of fused-ring (bicyclic) bond motifs is 1. The molecule has 0 radical (unpaired) electrons. The van der Waals surface area contributed by atoms with Crippen molar-refractivity contribution in [3.63, 3.8) is 0 Å². The molecule has 5 nitrogen and oxygen atoms in total. The summed E-state index contributed by atoms with van der Waals surface area (Å²) < 4.78 is 4.33. The highest BCUT2D eigenvalue weighted by Crippen LogP contribution is 2.35. The average molecular weight is 295 g/mol. The Morgan fingerprint density at radius 3 is 2.64 bits per heavy atom. The molecule has 0 spiro atoms. The van der Waals surface area contributed by atoms with Crippen molar-refractivity contribution < 1.29 is 0 Å². The summed E-state index contributed by atoms with van der Waals surface area (Å²) in [6.45, 7) is 4.99. The van der Waals surface area contributed by atoms with Gasteiger partial charge in [0.05, 0.1) is 23.9 Å². The van der Waals surface area contributed by atoms with Crippen LogP contribution in [0.5, 0.6) is 0 Å². The third kappa shape index (κ3) is 2.03. The summed E-state index contributed by atoms with van der Waals surface area (Å²) in [5.74, 6) is 2.74. The zero-order chi connectivity index (χ0) is 15.3. The van der Waals surface area contributed by atoms with Crippen molar-refractivity contribution in [1.82, 2.24) is 24.3 Å². The van der Waals surface area contributed by atoms with Crippen LogP contribution >= 0.6 is 0 Å². The van der Waals surface area contributed by atoms with E-state index in [4.69, 9.17) is 0 Å². The first-order valence-electron chi connectivity index (χ1n) is 7.93. The van der Waals surface area contributed by atoms with Crippen molar-refractivity contribution in [2.45, 2.75) is 45.6 Å². The zero-order valence-corrected chi connectivity index (χ0v) is 13.4. The van der Waals surface area contributed by atoms with Gasteiger partial charge in [-0.25, -0.2) is 4.98 Å². The van der Waals surface area contributed by atoms with E-state index in [9.17, 15) is 0 Å². The lowest BCUT2D eigenvalue weighted by atomic mass is 9.85. The predicted molar refractivity (Wildman–Crippen MR) is 85.9 cm³/mol. The second-order valence-corrected chi connectivity index (χ2v) is 6.46. The van der Waals surface area contributed by atoms with E-state index in [-0.39, 0.29) is 0 Å². The number of hydrogen-bond acceptors (Lipinski definition) is 3.